The summed E-state index contributed by atoms with van der Waals surface area (Å²) in [5, 5.41) is 3.11. The van der Waals surface area contributed by atoms with Crippen molar-refractivity contribution in [2.75, 3.05) is 31.2 Å². The molecule has 6 nitrogen and oxygen atoms in total. The van der Waals surface area contributed by atoms with Gasteiger partial charge in [-0.25, -0.2) is 18.4 Å². The molecular formula is C23H21N3O3S2. The van der Waals surface area contributed by atoms with Crippen LogP contribution in [0.25, 0.3) is 21.5 Å². The lowest BCUT2D eigenvalue weighted by Gasteiger charge is -2.28. The predicted molar refractivity (Wildman–Crippen MR) is 123 cm³/mol. The van der Waals surface area contributed by atoms with Gasteiger partial charge in [0.1, 0.15) is 5.82 Å². The molecule has 0 atom stereocenters. The number of fused-ring (bicyclic) bond motifs is 1. The highest BCUT2D eigenvalue weighted by molar-refractivity contribution is 7.90. The molecule has 1 aliphatic rings. The van der Waals surface area contributed by atoms with Crippen LogP contribution in [0.1, 0.15) is 5.69 Å². The van der Waals surface area contributed by atoms with E-state index in [2.05, 4.69) is 11.0 Å². The molecule has 31 heavy (non-hydrogen) atoms. The van der Waals surface area contributed by atoms with E-state index in [1.54, 1.807) is 47.7 Å². The number of aromatic nitrogens is 2. The number of morpholine rings is 1. The minimum atomic E-state index is -3.52. The van der Waals surface area contributed by atoms with Gasteiger partial charge in [-0.05, 0) is 18.2 Å². The molecule has 158 valence electrons. The molecule has 0 spiro atoms. The molecule has 2 aromatic heterocycles. The molecule has 0 N–H and O–H groups in total. The number of benzene rings is 2. The van der Waals surface area contributed by atoms with Gasteiger partial charge in [0, 0.05) is 40.2 Å². The van der Waals surface area contributed by atoms with Crippen LogP contribution in [0.5, 0.6) is 0 Å². The van der Waals surface area contributed by atoms with Crippen LogP contribution in [0.15, 0.2) is 70.9 Å². The van der Waals surface area contributed by atoms with Crippen LogP contribution in [0.3, 0.4) is 0 Å². The van der Waals surface area contributed by atoms with Crippen molar-refractivity contribution >= 4 is 37.1 Å². The van der Waals surface area contributed by atoms with Gasteiger partial charge in [-0.15, -0.1) is 11.3 Å². The third-order valence-corrected chi connectivity index (χ3v) is 7.89. The molecule has 1 saturated heterocycles. The molecular weight excluding hydrogens is 430 g/mol. The Bertz CT molecular complexity index is 1310. The second-order valence-corrected chi connectivity index (χ2v) is 10.3. The summed E-state index contributed by atoms with van der Waals surface area (Å²) in [5.74, 6) is 1.12. The highest BCUT2D eigenvalue weighted by atomic mass is 32.2. The zero-order chi connectivity index (χ0) is 21.3. The summed E-state index contributed by atoms with van der Waals surface area (Å²) >= 11 is 1.63. The minimum absolute atomic E-state index is 0.175. The lowest BCUT2D eigenvalue weighted by molar-refractivity contribution is 0.122. The smallest absolute Gasteiger partial charge is 0.184 e. The first-order chi connectivity index (χ1) is 15.1. The van der Waals surface area contributed by atoms with E-state index in [1.807, 2.05) is 23.6 Å². The molecule has 0 radical (unpaired) electrons. The van der Waals surface area contributed by atoms with Gasteiger partial charge in [0.15, 0.2) is 15.7 Å². The van der Waals surface area contributed by atoms with E-state index >= 15 is 0 Å². The van der Waals surface area contributed by atoms with E-state index < -0.39 is 9.84 Å². The van der Waals surface area contributed by atoms with Gasteiger partial charge >= 0.3 is 0 Å². The Labute approximate surface area is 185 Å². The minimum Gasteiger partial charge on any atom is -0.378 e. The summed E-state index contributed by atoms with van der Waals surface area (Å²) in [6.45, 7) is 2.67. The van der Waals surface area contributed by atoms with Crippen LogP contribution < -0.4 is 4.90 Å². The molecule has 5 rings (SSSR count). The molecule has 3 heterocycles. The molecule has 0 bridgehead atoms. The first-order valence-corrected chi connectivity index (χ1v) is 12.6. The molecule has 1 fully saturated rings. The predicted octanol–water partition coefficient (Wildman–Crippen LogP) is 4.17. The lowest BCUT2D eigenvalue weighted by Crippen LogP contribution is -2.37. The largest absolute Gasteiger partial charge is 0.378 e. The van der Waals surface area contributed by atoms with Crippen molar-refractivity contribution in [1.29, 1.82) is 0 Å². The van der Waals surface area contributed by atoms with Gasteiger partial charge in [-0.1, -0.05) is 36.4 Å². The summed E-state index contributed by atoms with van der Waals surface area (Å²) in [6, 6.07) is 18.4. The Balaban J connectivity index is 1.60. The maximum absolute atomic E-state index is 13.0. The number of hydrogen-bond donors (Lipinski definition) is 0. The van der Waals surface area contributed by atoms with Gasteiger partial charge in [0.05, 0.1) is 29.6 Å². The fourth-order valence-corrected chi connectivity index (χ4v) is 5.90. The van der Waals surface area contributed by atoms with Crippen LogP contribution in [0.2, 0.25) is 0 Å². The van der Waals surface area contributed by atoms with Crippen molar-refractivity contribution in [3.8, 4) is 11.4 Å². The molecule has 1 aliphatic heterocycles. The summed E-state index contributed by atoms with van der Waals surface area (Å²) < 4.78 is 32.6. The van der Waals surface area contributed by atoms with Crippen LogP contribution in [0, 0.1) is 0 Å². The van der Waals surface area contributed by atoms with Gasteiger partial charge in [0.2, 0.25) is 0 Å². The number of hydrogen-bond acceptors (Lipinski definition) is 7. The Hall–Kier alpha value is -2.81. The molecule has 0 unspecified atom stereocenters. The standard InChI is InChI=1S/C23H21N3O3S2/c27-31(28,18-6-2-1-3-7-18)16-17-14-22(26-10-12-29-13-11-26)25-23(24-17)20-15-30-21-9-5-4-8-19(20)21/h1-9,14-15H,10-13,16H2. The number of nitrogens with zero attached hydrogens (tertiary/aromatic N) is 3. The average Bonchev–Trinajstić information content (AvgIpc) is 3.24. The average molecular weight is 452 g/mol. The summed E-state index contributed by atoms with van der Waals surface area (Å²) in [4.78, 5) is 11.9. The van der Waals surface area contributed by atoms with E-state index in [9.17, 15) is 8.42 Å². The molecule has 4 aromatic rings. The number of anilines is 1. The van der Waals surface area contributed by atoms with Gasteiger partial charge in [-0.3, -0.25) is 0 Å². The number of ether oxygens (including phenoxy) is 1. The molecule has 0 amide bonds. The highest BCUT2D eigenvalue weighted by Crippen LogP contribution is 2.33. The molecule has 8 heteroatoms. The number of thiophene rings is 1. The maximum Gasteiger partial charge on any atom is 0.184 e. The molecule has 0 aliphatic carbocycles. The third-order valence-electron chi connectivity index (χ3n) is 5.26. The monoisotopic (exact) mass is 451 g/mol. The lowest BCUT2D eigenvalue weighted by atomic mass is 10.1. The van der Waals surface area contributed by atoms with Crippen LogP contribution in [0.4, 0.5) is 5.82 Å². The number of sulfone groups is 1. The molecule has 0 saturated carbocycles. The zero-order valence-electron chi connectivity index (χ0n) is 16.8. The third kappa shape index (κ3) is 4.19. The van der Waals surface area contributed by atoms with Gasteiger partial charge < -0.3 is 9.64 Å². The Morgan fingerprint density at radius 2 is 1.71 bits per heavy atom. The van der Waals surface area contributed by atoms with Crippen LogP contribution in [-0.2, 0) is 20.3 Å². The van der Waals surface area contributed by atoms with Gasteiger partial charge in [0.25, 0.3) is 0 Å². The second kappa shape index (κ2) is 8.37. The van der Waals surface area contributed by atoms with E-state index in [1.165, 1.54) is 0 Å². The van der Waals surface area contributed by atoms with Crippen LogP contribution in [-0.4, -0.2) is 44.7 Å². The van der Waals surface area contributed by atoms with Crippen molar-refractivity contribution in [3.63, 3.8) is 0 Å². The van der Waals surface area contributed by atoms with E-state index in [-0.39, 0.29) is 5.75 Å². The summed E-state index contributed by atoms with van der Waals surface area (Å²) in [6.07, 6.45) is 0. The Morgan fingerprint density at radius 3 is 2.52 bits per heavy atom. The Morgan fingerprint density at radius 1 is 0.968 bits per heavy atom. The Kier molecular flexibility index (Phi) is 5.43. The summed E-state index contributed by atoms with van der Waals surface area (Å²) in [7, 11) is -3.52. The number of rotatable bonds is 5. The van der Waals surface area contributed by atoms with E-state index in [4.69, 9.17) is 14.7 Å². The van der Waals surface area contributed by atoms with Crippen molar-refractivity contribution in [2.24, 2.45) is 0 Å². The van der Waals surface area contributed by atoms with Crippen molar-refractivity contribution in [1.82, 2.24) is 9.97 Å². The quantitative estimate of drug-likeness (QED) is 0.454. The highest BCUT2D eigenvalue weighted by Gasteiger charge is 2.21. The molecule has 2 aromatic carbocycles. The maximum atomic E-state index is 13.0. The second-order valence-electron chi connectivity index (χ2n) is 7.36. The fourth-order valence-electron chi connectivity index (χ4n) is 3.69. The SMILES string of the molecule is O=S(=O)(Cc1cc(N2CCOCC2)nc(-c2csc3ccccc23)n1)c1ccccc1. The van der Waals surface area contributed by atoms with Crippen molar-refractivity contribution in [3.05, 3.63) is 71.7 Å². The first kappa shape index (κ1) is 20.1. The van der Waals surface area contributed by atoms with Crippen molar-refractivity contribution in [2.45, 2.75) is 10.6 Å². The topological polar surface area (TPSA) is 72.4 Å². The van der Waals surface area contributed by atoms with Gasteiger partial charge in [-0.2, -0.15) is 0 Å². The summed E-state index contributed by atoms with van der Waals surface area (Å²) in [5.41, 5.74) is 1.42. The fraction of sp³-hybridized carbons (Fsp3) is 0.217. The zero-order valence-corrected chi connectivity index (χ0v) is 18.4. The first-order valence-electron chi connectivity index (χ1n) is 10.1. The van der Waals surface area contributed by atoms with Crippen molar-refractivity contribution < 1.29 is 13.2 Å². The normalized spacial score (nSPS) is 14.8. The van der Waals surface area contributed by atoms with Crippen LogP contribution >= 0.6 is 11.3 Å². The van der Waals surface area contributed by atoms with E-state index in [0.717, 1.165) is 21.5 Å². The van der Waals surface area contributed by atoms with E-state index in [0.29, 0.717) is 42.7 Å².